The molecule has 3 aromatic rings. The van der Waals surface area contributed by atoms with E-state index in [1.54, 1.807) is 41.8 Å². The Hall–Kier alpha value is -2.07. The fourth-order valence-electron chi connectivity index (χ4n) is 2.65. The molecule has 1 N–H and O–H groups in total. The van der Waals surface area contributed by atoms with Gasteiger partial charge >= 0.3 is 0 Å². The maximum atomic E-state index is 12.5. The highest BCUT2D eigenvalue weighted by Gasteiger charge is 2.21. The van der Waals surface area contributed by atoms with Crippen LogP contribution in [-0.2, 0) is 16.6 Å². The van der Waals surface area contributed by atoms with Crippen molar-refractivity contribution in [2.45, 2.75) is 25.3 Å². The summed E-state index contributed by atoms with van der Waals surface area (Å²) >= 11 is 2.93. The van der Waals surface area contributed by atoms with E-state index < -0.39 is 10.0 Å². The first-order valence-electron chi connectivity index (χ1n) is 8.82. The number of carbonyl (C=O) groups is 1. The van der Waals surface area contributed by atoms with Crippen molar-refractivity contribution in [3.05, 3.63) is 58.4 Å². The van der Waals surface area contributed by atoms with E-state index in [0.29, 0.717) is 24.5 Å². The van der Waals surface area contributed by atoms with Gasteiger partial charge in [-0.05, 0) is 29.1 Å². The molecule has 0 atom stereocenters. The number of thiazole rings is 1. The van der Waals surface area contributed by atoms with Gasteiger partial charge in [0, 0.05) is 19.6 Å². The first-order valence-corrected chi connectivity index (χ1v) is 12.0. The highest BCUT2D eigenvalue weighted by Crippen LogP contribution is 2.28. The summed E-state index contributed by atoms with van der Waals surface area (Å²) in [6.07, 6.45) is 1.58. The molecular weight excluding hydrogens is 414 g/mol. The number of rotatable bonds is 8. The number of amides is 1. The Bertz CT molecular complexity index is 1020. The van der Waals surface area contributed by atoms with Gasteiger partial charge in [-0.3, -0.25) is 4.79 Å². The zero-order chi connectivity index (χ0) is 20.1. The number of hydrogen-bond acceptors (Lipinski definition) is 6. The van der Waals surface area contributed by atoms with Crippen LogP contribution in [0.4, 0.5) is 0 Å². The van der Waals surface area contributed by atoms with Crippen LogP contribution in [0.3, 0.4) is 0 Å². The van der Waals surface area contributed by atoms with Gasteiger partial charge in [-0.15, -0.1) is 22.7 Å². The lowest BCUT2D eigenvalue weighted by atomic mass is 10.2. The molecule has 0 bridgehead atoms. The number of nitrogens with one attached hydrogen (secondary N) is 1. The fraction of sp³-hybridized carbons (Fsp3) is 0.263. The molecule has 2 heterocycles. The number of carbonyl (C=O) groups excluding carboxylic acids is 1. The van der Waals surface area contributed by atoms with Crippen LogP contribution in [0.25, 0.3) is 9.88 Å². The molecule has 0 aliphatic rings. The number of aromatic nitrogens is 1. The van der Waals surface area contributed by atoms with Crippen LogP contribution in [0.2, 0.25) is 0 Å². The average Bonchev–Trinajstić information content (AvgIpc) is 3.38. The Balaban J connectivity index is 1.63. The molecule has 0 aliphatic heterocycles. The quantitative estimate of drug-likeness (QED) is 0.583. The smallest absolute Gasteiger partial charge is 0.263 e. The third-order valence-electron chi connectivity index (χ3n) is 4.18. The van der Waals surface area contributed by atoms with E-state index in [9.17, 15) is 13.2 Å². The summed E-state index contributed by atoms with van der Waals surface area (Å²) in [5, 5.41) is 5.65. The average molecular weight is 436 g/mol. The van der Waals surface area contributed by atoms with E-state index in [4.69, 9.17) is 0 Å². The number of nitrogens with zero attached hydrogens (tertiary/aromatic N) is 2. The number of hydrogen-bond donors (Lipinski definition) is 1. The summed E-state index contributed by atoms with van der Waals surface area (Å²) in [6, 6.07) is 10.5. The van der Waals surface area contributed by atoms with Crippen molar-refractivity contribution in [1.29, 1.82) is 0 Å². The second kappa shape index (κ2) is 8.95. The lowest BCUT2D eigenvalue weighted by Gasteiger charge is -2.18. The lowest BCUT2D eigenvalue weighted by Crippen LogP contribution is -2.30. The molecule has 0 radical (unpaired) electrons. The molecule has 0 fully saturated rings. The van der Waals surface area contributed by atoms with E-state index in [2.05, 4.69) is 10.3 Å². The third kappa shape index (κ3) is 4.49. The van der Waals surface area contributed by atoms with Crippen LogP contribution in [0.1, 0.15) is 29.1 Å². The third-order valence-corrected chi connectivity index (χ3v) is 8.28. The van der Waals surface area contributed by atoms with Crippen molar-refractivity contribution in [2.24, 2.45) is 0 Å². The monoisotopic (exact) mass is 435 g/mol. The van der Waals surface area contributed by atoms with Gasteiger partial charge in [0.25, 0.3) is 5.91 Å². The maximum Gasteiger partial charge on any atom is 0.263 e. The number of thiophene rings is 1. The molecule has 9 heteroatoms. The molecule has 0 spiro atoms. The van der Waals surface area contributed by atoms with Crippen LogP contribution in [-0.4, -0.2) is 36.7 Å². The van der Waals surface area contributed by atoms with E-state index in [0.717, 1.165) is 15.4 Å². The van der Waals surface area contributed by atoms with Gasteiger partial charge in [0.15, 0.2) is 0 Å². The highest BCUT2D eigenvalue weighted by atomic mass is 32.2. The molecule has 0 unspecified atom stereocenters. The van der Waals surface area contributed by atoms with E-state index >= 15 is 0 Å². The molecule has 2 aromatic heterocycles. The van der Waals surface area contributed by atoms with Crippen molar-refractivity contribution in [3.63, 3.8) is 0 Å². The van der Waals surface area contributed by atoms with Gasteiger partial charge in [0.1, 0.15) is 9.88 Å². The predicted octanol–water partition coefficient (Wildman–Crippen LogP) is 3.83. The largest absolute Gasteiger partial charge is 0.347 e. The van der Waals surface area contributed by atoms with E-state index in [1.807, 2.05) is 31.4 Å². The summed E-state index contributed by atoms with van der Waals surface area (Å²) in [5.74, 6) is -0.194. The standard InChI is InChI=1S/C19H21N3O3S3/c1-3-22(4-2)28(24,25)15-9-7-14(8-10-15)12-20-18(23)17-13-21-19(27-17)16-6-5-11-26-16/h5-11,13H,3-4,12H2,1-2H3,(H,20,23). The minimum absolute atomic E-state index is 0.194. The van der Waals surface area contributed by atoms with Crippen molar-refractivity contribution < 1.29 is 13.2 Å². The normalized spacial score (nSPS) is 11.7. The summed E-state index contributed by atoms with van der Waals surface area (Å²) in [5.41, 5.74) is 0.829. The van der Waals surface area contributed by atoms with Gasteiger partial charge in [0.2, 0.25) is 10.0 Å². The SMILES string of the molecule is CCN(CC)S(=O)(=O)c1ccc(CNC(=O)c2cnc(-c3cccs3)s2)cc1. The molecule has 148 valence electrons. The second-order valence-electron chi connectivity index (χ2n) is 5.92. The zero-order valence-electron chi connectivity index (χ0n) is 15.6. The first kappa shape index (κ1) is 20.7. The minimum Gasteiger partial charge on any atom is -0.347 e. The van der Waals surface area contributed by atoms with Gasteiger partial charge in [0.05, 0.1) is 16.0 Å². The van der Waals surface area contributed by atoms with E-state index in [-0.39, 0.29) is 10.8 Å². The summed E-state index contributed by atoms with van der Waals surface area (Å²) < 4.78 is 26.4. The number of benzene rings is 1. The van der Waals surface area contributed by atoms with Gasteiger partial charge < -0.3 is 5.32 Å². The molecule has 0 aliphatic carbocycles. The Morgan fingerprint density at radius 2 is 1.86 bits per heavy atom. The topological polar surface area (TPSA) is 79.4 Å². The predicted molar refractivity (Wildman–Crippen MR) is 113 cm³/mol. The molecule has 3 rings (SSSR count). The minimum atomic E-state index is -3.47. The molecule has 1 aromatic carbocycles. The number of sulfonamides is 1. The first-order chi connectivity index (χ1) is 13.5. The van der Waals surface area contributed by atoms with Gasteiger partial charge in [-0.1, -0.05) is 32.0 Å². The Kier molecular flexibility index (Phi) is 6.61. The van der Waals surface area contributed by atoms with Crippen molar-refractivity contribution in [1.82, 2.24) is 14.6 Å². The molecule has 0 saturated carbocycles. The second-order valence-corrected chi connectivity index (χ2v) is 9.84. The zero-order valence-corrected chi connectivity index (χ0v) is 18.0. The van der Waals surface area contributed by atoms with Crippen LogP contribution in [0.15, 0.2) is 52.9 Å². The van der Waals surface area contributed by atoms with Crippen molar-refractivity contribution in [2.75, 3.05) is 13.1 Å². The summed E-state index contributed by atoms with van der Waals surface area (Å²) in [4.78, 5) is 18.5. The lowest BCUT2D eigenvalue weighted by molar-refractivity contribution is 0.0954. The maximum absolute atomic E-state index is 12.5. The molecule has 6 nitrogen and oxygen atoms in total. The fourth-order valence-corrected chi connectivity index (χ4v) is 5.75. The van der Waals surface area contributed by atoms with Crippen molar-refractivity contribution >= 4 is 38.6 Å². The summed E-state index contributed by atoms with van der Waals surface area (Å²) in [7, 11) is -3.47. The molecule has 0 saturated heterocycles. The Morgan fingerprint density at radius 1 is 1.14 bits per heavy atom. The van der Waals surface area contributed by atoms with Gasteiger partial charge in [-0.2, -0.15) is 4.31 Å². The van der Waals surface area contributed by atoms with Gasteiger partial charge in [-0.25, -0.2) is 13.4 Å². The molecular formula is C19H21N3O3S3. The Morgan fingerprint density at radius 3 is 2.46 bits per heavy atom. The van der Waals surface area contributed by atoms with Crippen LogP contribution >= 0.6 is 22.7 Å². The summed E-state index contributed by atoms with van der Waals surface area (Å²) in [6.45, 7) is 4.80. The van der Waals surface area contributed by atoms with Crippen LogP contribution in [0, 0.1) is 0 Å². The molecule has 1 amide bonds. The molecule has 28 heavy (non-hydrogen) atoms. The highest BCUT2D eigenvalue weighted by molar-refractivity contribution is 7.89. The van der Waals surface area contributed by atoms with Crippen LogP contribution < -0.4 is 5.32 Å². The van der Waals surface area contributed by atoms with E-state index in [1.165, 1.54) is 15.6 Å². The van der Waals surface area contributed by atoms with Crippen molar-refractivity contribution in [3.8, 4) is 9.88 Å². The Labute approximate surface area is 172 Å². The van der Waals surface area contributed by atoms with Crippen LogP contribution in [0.5, 0.6) is 0 Å².